The van der Waals surface area contributed by atoms with E-state index < -0.39 is 5.91 Å². The lowest BCUT2D eigenvalue weighted by Gasteiger charge is -2.19. The standard InChI is InChI=1S/C22H27N5O3/c1-16(20(23)29)27-13-6-7-19(21(27)24-2)22(30)25-15-17-8-10-18(11-9-17)26(3)12-4-5-14-28/h6-11,13-14H,1,4-5,12,15H2,2-3H3,(H2,23,29)(H,25,30). The van der Waals surface area contributed by atoms with E-state index >= 15 is 0 Å². The van der Waals surface area contributed by atoms with Crippen LogP contribution in [-0.2, 0) is 16.1 Å². The first-order valence-corrected chi connectivity index (χ1v) is 9.54. The largest absolute Gasteiger partial charge is 0.375 e. The van der Waals surface area contributed by atoms with Gasteiger partial charge in [-0.2, -0.15) is 0 Å². The number of nitrogens with one attached hydrogen (secondary N) is 1. The summed E-state index contributed by atoms with van der Waals surface area (Å²) < 4.78 is 1.40. The number of carbonyl (C=O) groups is 3. The van der Waals surface area contributed by atoms with Crippen LogP contribution in [-0.4, -0.2) is 43.3 Å². The fourth-order valence-corrected chi connectivity index (χ4v) is 2.93. The molecule has 0 atom stereocenters. The van der Waals surface area contributed by atoms with Crippen LogP contribution >= 0.6 is 0 Å². The number of carbonyl (C=O) groups excluding carboxylic acids is 3. The van der Waals surface area contributed by atoms with E-state index in [1.165, 1.54) is 11.6 Å². The quantitative estimate of drug-likeness (QED) is 0.350. The molecule has 158 valence electrons. The van der Waals surface area contributed by atoms with E-state index in [1.54, 1.807) is 18.3 Å². The fraction of sp³-hybridized carbons (Fsp3) is 0.273. The summed E-state index contributed by atoms with van der Waals surface area (Å²) in [5.41, 5.74) is 7.91. The number of primary amides is 1. The third-order valence-corrected chi connectivity index (χ3v) is 4.64. The Labute approximate surface area is 175 Å². The van der Waals surface area contributed by atoms with E-state index in [-0.39, 0.29) is 11.6 Å². The molecule has 1 aromatic carbocycles. The van der Waals surface area contributed by atoms with Gasteiger partial charge in [-0.1, -0.05) is 18.7 Å². The van der Waals surface area contributed by atoms with Crippen LogP contribution in [0.25, 0.3) is 5.70 Å². The molecule has 1 aromatic heterocycles. The predicted molar refractivity (Wildman–Crippen MR) is 117 cm³/mol. The van der Waals surface area contributed by atoms with Crippen LogP contribution in [0.3, 0.4) is 0 Å². The molecule has 0 fully saturated rings. The van der Waals surface area contributed by atoms with Crippen molar-refractivity contribution in [2.24, 2.45) is 10.7 Å². The molecular formula is C22H27N5O3. The molecule has 0 unspecified atom stereocenters. The minimum Gasteiger partial charge on any atom is -0.375 e. The minimum atomic E-state index is -0.696. The van der Waals surface area contributed by atoms with Gasteiger partial charge in [-0.25, -0.2) is 0 Å². The van der Waals surface area contributed by atoms with E-state index in [0.29, 0.717) is 24.0 Å². The summed E-state index contributed by atoms with van der Waals surface area (Å²) in [4.78, 5) is 40.8. The van der Waals surface area contributed by atoms with Crippen LogP contribution in [0.2, 0.25) is 0 Å². The number of rotatable bonds is 10. The molecule has 2 rings (SSSR count). The predicted octanol–water partition coefficient (Wildman–Crippen LogP) is 1.32. The van der Waals surface area contributed by atoms with Crippen molar-refractivity contribution < 1.29 is 14.4 Å². The van der Waals surface area contributed by atoms with Gasteiger partial charge in [-0.15, -0.1) is 0 Å². The Hall–Kier alpha value is -3.68. The number of hydrogen-bond donors (Lipinski definition) is 2. The molecule has 0 saturated carbocycles. The maximum Gasteiger partial charge on any atom is 0.265 e. The van der Waals surface area contributed by atoms with Crippen LogP contribution in [0.1, 0.15) is 28.8 Å². The van der Waals surface area contributed by atoms with Gasteiger partial charge in [0, 0.05) is 45.5 Å². The monoisotopic (exact) mass is 409 g/mol. The van der Waals surface area contributed by atoms with Crippen molar-refractivity contribution in [3.8, 4) is 0 Å². The molecular weight excluding hydrogens is 382 g/mol. The van der Waals surface area contributed by atoms with E-state index in [9.17, 15) is 14.4 Å². The Kier molecular flexibility index (Phi) is 8.10. The topological polar surface area (TPSA) is 110 Å². The molecule has 30 heavy (non-hydrogen) atoms. The summed E-state index contributed by atoms with van der Waals surface area (Å²) in [6, 6.07) is 11.1. The smallest absolute Gasteiger partial charge is 0.265 e. The van der Waals surface area contributed by atoms with Gasteiger partial charge in [-0.05, 0) is 36.2 Å². The van der Waals surface area contributed by atoms with Crippen LogP contribution in [0.4, 0.5) is 5.69 Å². The van der Waals surface area contributed by atoms with Crippen LogP contribution in [0.15, 0.2) is 54.2 Å². The number of hydrogen-bond acceptors (Lipinski definition) is 5. The minimum absolute atomic E-state index is 0.0260. The van der Waals surface area contributed by atoms with Crippen LogP contribution in [0, 0.1) is 0 Å². The number of anilines is 1. The number of nitrogens with zero attached hydrogens (tertiary/aromatic N) is 3. The molecule has 0 radical (unpaired) electrons. The molecule has 0 aliphatic heterocycles. The SMILES string of the molecule is C=C(C(N)=O)n1cccc(C(=O)NCc2ccc(N(C)CCCC=O)cc2)c1=NC. The lowest BCUT2D eigenvalue weighted by Crippen LogP contribution is -2.34. The number of benzene rings is 1. The molecule has 0 bridgehead atoms. The van der Waals surface area contributed by atoms with Gasteiger partial charge in [0.05, 0.1) is 5.56 Å². The Balaban J connectivity index is 2.08. The number of pyridine rings is 1. The van der Waals surface area contributed by atoms with Gasteiger partial charge < -0.3 is 20.7 Å². The first-order valence-electron chi connectivity index (χ1n) is 9.54. The highest BCUT2D eigenvalue weighted by atomic mass is 16.2. The van der Waals surface area contributed by atoms with Crippen LogP contribution in [0.5, 0.6) is 0 Å². The average Bonchev–Trinajstić information content (AvgIpc) is 2.76. The maximum absolute atomic E-state index is 12.7. The normalized spacial score (nSPS) is 11.1. The van der Waals surface area contributed by atoms with Crippen molar-refractivity contribution in [2.45, 2.75) is 19.4 Å². The molecule has 2 aromatic rings. The van der Waals surface area contributed by atoms with Gasteiger partial charge in [-0.3, -0.25) is 19.1 Å². The summed E-state index contributed by atoms with van der Waals surface area (Å²) in [6.07, 6.45) is 3.86. The zero-order valence-corrected chi connectivity index (χ0v) is 17.3. The summed E-state index contributed by atoms with van der Waals surface area (Å²) in [7, 11) is 3.50. The summed E-state index contributed by atoms with van der Waals surface area (Å²) in [5, 5.41) is 2.87. The Morgan fingerprint density at radius 2 is 1.97 bits per heavy atom. The second-order valence-corrected chi connectivity index (χ2v) is 6.73. The lowest BCUT2D eigenvalue weighted by molar-refractivity contribution is -0.113. The number of amides is 2. The number of nitrogens with two attached hydrogens (primary N) is 1. The third kappa shape index (κ3) is 5.66. The Morgan fingerprint density at radius 3 is 2.57 bits per heavy atom. The van der Waals surface area contributed by atoms with E-state index in [1.807, 2.05) is 31.3 Å². The van der Waals surface area contributed by atoms with Crippen molar-refractivity contribution in [1.82, 2.24) is 9.88 Å². The number of aromatic nitrogens is 1. The van der Waals surface area contributed by atoms with Crippen molar-refractivity contribution in [2.75, 3.05) is 25.5 Å². The molecule has 0 aliphatic carbocycles. The molecule has 3 N–H and O–H groups in total. The number of aldehydes is 1. The first kappa shape index (κ1) is 22.6. The zero-order chi connectivity index (χ0) is 22.1. The summed E-state index contributed by atoms with van der Waals surface area (Å²) in [5.74, 6) is -1.02. The molecule has 0 aliphatic rings. The highest BCUT2D eigenvalue weighted by Crippen LogP contribution is 2.14. The van der Waals surface area contributed by atoms with Gasteiger partial charge in [0.25, 0.3) is 11.8 Å². The van der Waals surface area contributed by atoms with Gasteiger partial charge >= 0.3 is 0 Å². The van der Waals surface area contributed by atoms with E-state index in [2.05, 4.69) is 21.8 Å². The molecule has 8 heteroatoms. The van der Waals surface area contributed by atoms with Gasteiger partial charge in [0.2, 0.25) is 0 Å². The fourth-order valence-electron chi connectivity index (χ4n) is 2.93. The van der Waals surface area contributed by atoms with Gasteiger partial charge in [0.15, 0.2) is 0 Å². The summed E-state index contributed by atoms with van der Waals surface area (Å²) in [6.45, 7) is 4.78. The van der Waals surface area contributed by atoms with Crippen molar-refractivity contribution >= 4 is 29.5 Å². The molecule has 2 amide bonds. The summed E-state index contributed by atoms with van der Waals surface area (Å²) >= 11 is 0. The highest BCUT2D eigenvalue weighted by molar-refractivity contribution is 6.11. The van der Waals surface area contributed by atoms with E-state index in [0.717, 1.165) is 30.5 Å². The Bertz CT molecular complexity index is 993. The van der Waals surface area contributed by atoms with Crippen molar-refractivity contribution in [3.05, 3.63) is 65.8 Å². The third-order valence-electron chi connectivity index (χ3n) is 4.64. The second kappa shape index (κ2) is 10.8. The molecule has 8 nitrogen and oxygen atoms in total. The average molecular weight is 409 g/mol. The second-order valence-electron chi connectivity index (χ2n) is 6.73. The molecule has 0 spiro atoms. The van der Waals surface area contributed by atoms with E-state index in [4.69, 9.17) is 5.73 Å². The van der Waals surface area contributed by atoms with Gasteiger partial charge in [0.1, 0.15) is 17.5 Å². The van der Waals surface area contributed by atoms with Crippen molar-refractivity contribution in [1.29, 1.82) is 0 Å². The zero-order valence-electron chi connectivity index (χ0n) is 17.3. The number of unbranched alkanes of at least 4 members (excludes halogenated alkanes) is 1. The Morgan fingerprint density at radius 1 is 1.27 bits per heavy atom. The molecule has 0 saturated heterocycles. The van der Waals surface area contributed by atoms with Crippen molar-refractivity contribution in [3.63, 3.8) is 0 Å². The maximum atomic E-state index is 12.7. The highest BCUT2D eigenvalue weighted by Gasteiger charge is 2.13. The lowest BCUT2D eigenvalue weighted by atomic mass is 10.1. The first-order chi connectivity index (χ1) is 14.4. The molecule has 1 heterocycles. The van der Waals surface area contributed by atoms with Crippen LogP contribution < -0.4 is 21.4 Å².